The first kappa shape index (κ1) is 24.2. The first-order valence-electron chi connectivity index (χ1n) is 12.1. The molecule has 6 nitrogen and oxygen atoms in total. The zero-order valence-electron chi connectivity index (χ0n) is 20.1. The molecule has 1 heterocycles. The number of oxazole rings is 1. The molecule has 0 unspecified atom stereocenters. The predicted octanol–water partition coefficient (Wildman–Crippen LogP) is 4.29. The van der Waals surface area contributed by atoms with E-state index in [1.54, 1.807) is 18.3 Å². The minimum absolute atomic E-state index is 0.0324. The van der Waals surface area contributed by atoms with Crippen molar-refractivity contribution in [2.75, 3.05) is 27.2 Å². The van der Waals surface area contributed by atoms with E-state index in [0.29, 0.717) is 35.5 Å². The van der Waals surface area contributed by atoms with E-state index in [-0.39, 0.29) is 17.8 Å². The number of ether oxygens (including phenoxy) is 1. The Morgan fingerprint density at radius 3 is 2.38 bits per heavy atom. The van der Waals surface area contributed by atoms with Crippen LogP contribution in [0.3, 0.4) is 0 Å². The molecule has 1 aromatic heterocycles. The van der Waals surface area contributed by atoms with Crippen molar-refractivity contribution in [2.24, 2.45) is 5.92 Å². The van der Waals surface area contributed by atoms with Gasteiger partial charge in [-0.1, -0.05) is 80.6 Å². The molecule has 1 atom stereocenters. The molecular weight excluding hydrogens is 428 g/mol. The molecule has 0 N–H and O–H groups in total. The van der Waals surface area contributed by atoms with E-state index in [1.165, 1.54) is 6.42 Å². The minimum Gasteiger partial charge on any atom is -0.839 e. The van der Waals surface area contributed by atoms with Crippen molar-refractivity contribution in [2.45, 2.75) is 44.2 Å². The third kappa shape index (κ3) is 5.57. The van der Waals surface area contributed by atoms with Gasteiger partial charge in [-0.15, -0.1) is 0 Å². The number of quaternary nitrogens is 1. The average Bonchev–Trinajstić information content (AvgIpc) is 3.33. The summed E-state index contributed by atoms with van der Waals surface area (Å²) in [6, 6.07) is 18.5. The second-order valence-electron chi connectivity index (χ2n) is 9.89. The van der Waals surface area contributed by atoms with Gasteiger partial charge in [-0.2, -0.15) is 0 Å². The number of aromatic nitrogens is 1. The molecule has 1 saturated carbocycles. The number of carbonyl (C=O) groups is 1. The summed E-state index contributed by atoms with van der Waals surface area (Å²) in [5.74, 6) is 0.571. The molecule has 0 aliphatic heterocycles. The third-order valence-electron chi connectivity index (χ3n) is 6.78. The number of benzene rings is 2. The van der Waals surface area contributed by atoms with Crippen molar-refractivity contribution in [3.8, 4) is 0 Å². The minimum atomic E-state index is -1.48. The molecule has 0 saturated heterocycles. The van der Waals surface area contributed by atoms with Crippen LogP contribution in [0, 0.1) is 5.92 Å². The monoisotopic (exact) mass is 462 g/mol. The van der Waals surface area contributed by atoms with Gasteiger partial charge in [0.15, 0.2) is 11.7 Å². The van der Waals surface area contributed by atoms with Crippen LogP contribution in [0.2, 0.25) is 0 Å². The maximum Gasteiger partial charge on any atom is 0.338 e. The summed E-state index contributed by atoms with van der Waals surface area (Å²) in [5.41, 5.74) is -0.220. The Bertz CT molecular complexity index is 1060. The summed E-state index contributed by atoms with van der Waals surface area (Å²) in [6.07, 6.45) is 6.79. The van der Waals surface area contributed by atoms with Gasteiger partial charge in [0.25, 0.3) is 0 Å². The molecule has 3 aromatic rings. The second-order valence-corrected chi connectivity index (χ2v) is 9.89. The van der Waals surface area contributed by atoms with Crippen molar-refractivity contribution < 1.29 is 23.5 Å². The highest BCUT2D eigenvalue weighted by molar-refractivity contribution is 5.89. The van der Waals surface area contributed by atoms with E-state index < -0.39 is 5.60 Å². The van der Waals surface area contributed by atoms with E-state index in [9.17, 15) is 9.90 Å². The lowest BCUT2D eigenvalue weighted by Crippen LogP contribution is -2.49. The Morgan fingerprint density at radius 2 is 1.71 bits per heavy atom. The van der Waals surface area contributed by atoms with E-state index in [2.05, 4.69) is 4.98 Å². The quantitative estimate of drug-likeness (QED) is 0.350. The van der Waals surface area contributed by atoms with Crippen LogP contribution in [0.1, 0.15) is 59.7 Å². The summed E-state index contributed by atoms with van der Waals surface area (Å²) in [4.78, 5) is 16.7. The first-order chi connectivity index (χ1) is 16.4. The molecule has 0 spiro atoms. The van der Waals surface area contributed by atoms with Crippen LogP contribution >= 0.6 is 0 Å². The SMILES string of the molecule is C[N+](C)(CCOC(=O)c1ccccc1)Cc1cnc([C@]([O-])(c2ccccc2)C2CCCCC2)o1. The van der Waals surface area contributed by atoms with Crippen LogP contribution in [-0.4, -0.2) is 42.7 Å². The normalized spacial score (nSPS) is 16.7. The summed E-state index contributed by atoms with van der Waals surface area (Å²) in [6.45, 7) is 1.45. The first-order valence-corrected chi connectivity index (χ1v) is 12.1. The van der Waals surface area contributed by atoms with Gasteiger partial charge in [0.1, 0.15) is 19.7 Å². The smallest absolute Gasteiger partial charge is 0.338 e. The van der Waals surface area contributed by atoms with Gasteiger partial charge >= 0.3 is 5.97 Å². The van der Waals surface area contributed by atoms with Gasteiger partial charge in [-0.05, 0) is 29.2 Å². The molecule has 2 aromatic carbocycles. The Morgan fingerprint density at radius 1 is 1.06 bits per heavy atom. The summed E-state index contributed by atoms with van der Waals surface area (Å²) in [7, 11) is 4.09. The largest absolute Gasteiger partial charge is 0.839 e. The number of nitrogens with zero attached hydrogens (tertiary/aromatic N) is 2. The predicted molar refractivity (Wildman–Crippen MR) is 128 cm³/mol. The lowest BCUT2D eigenvalue weighted by atomic mass is 9.73. The van der Waals surface area contributed by atoms with E-state index in [4.69, 9.17) is 9.15 Å². The highest BCUT2D eigenvalue weighted by atomic mass is 16.5. The average molecular weight is 463 g/mol. The summed E-state index contributed by atoms with van der Waals surface area (Å²) < 4.78 is 12.1. The molecule has 0 bridgehead atoms. The van der Waals surface area contributed by atoms with Crippen LogP contribution in [0.15, 0.2) is 71.3 Å². The van der Waals surface area contributed by atoms with Crippen molar-refractivity contribution in [1.29, 1.82) is 0 Å². The van der Waals surface area contributed by atoms with Gasteiger partial charge in [0, 0.05) is 0 Å². The Kier molecular flexibility index (Phi) is 7.49. The van der Waals surface area contributed by atoms with Crippen molar-refractivity contribution in [1.82, 2.24) is 4.98 Å². The topological polar surface area (TPSA) is 75.4 Å². The van der Waals surface area contributed by atoms with Gasteiger partial charge in [0.2, 0.25) is 0 Å². The lowest BCUT2D eigenvalue weighted by Gasteiger charge is -2.46. The maximum atomic E-state index is 14.4. The number of hydrogen-bond acceptors (Lipinski definition) is 5. The van der Waals surface area contributed by atoms with Crippen LogP contribution in [0.5, 0.6) is 0 Å². The fraction of sp³-hybridized carbons (Fsp3) is 0.429. The molecule has 1 fully saturated rings. The number of likely N-dealkylation sites (N-methyl/N-ethyl adjacent to an activating group) is 1. The number of carbonyl (C=O) groups excluding carboxylic acids is 1. The number of hydrogen-bond donors (Lipinski definition) is 0. The third-order valence-corrected chi connectivity index (χ3v) is 6.78. The Balaban J connectivity index is 1.44. The van der Waals surface area contributed by atoms with Crippen molar-refractivity contribution in [3.05, 3.63) is 89.6 Å². The Hall–Kier alpha value is -2.96. The second kappa shape index (κ2) is 10.5. The summed E-state index contributed by atoms with van der Waals surface area (Å²) >= 11 is 0. The van der Waals surface area contributed by atoms with E-state index >= 15 is 0 Å². The standard InChI is InChI=1S/C28H34N2O4/c1-30(2,18-19-33-26(31)22-12-6-3-7-13-22)21-25-20-29-27(34-25)28(32,23-14-8-4-9-15-23)24-16-10-5-11-17-24/h3-4,6-9,12-15,20,24H,5,10-11,16-19,21H2,1-2H3/t28-/m0/s1. The molecule has 1 aliphatic rings. The maximum absolute atomic E-state index is 14.4. The van der Waals surface area contributed by atoms with Gasteiger partial charge in [-0.3, -0.25) is 0 Å². The number of rotatable bonds is 9. The molecule has 0 radical (unpaired) electrons. The van der Waals surface area contributed by atoms with E-state index in [1.807, 2.05) is 62.6 Å². The highest BCUT2D eigenvalue weighted by Gasteiger charge is 2.36. The lowest BCUT2D eigenvalue weighted by molar-refractivity contribution is -0.904. The van der Waals surface area contributed by atoms with Crippen LogP contribution in [0.25, 0.3) is 0 Å². The van der Waals surface area contributed by atoms with Gasteiger partial charge in [0.05, 0.1) is 25.9 Å². The molecule has 4 rings (SSSR count). The molecule has 1 aliphatic carbocycles. The van der Waals surface area contributed by atoms with Gasteiger partial charge in [-0.25, -0.2) is 9.78 Å². The highest BCUT2D eigenvalue weighted by Crippen LogP contribution is 2.41. The zero-order chi connectivity index (χ0) is 24.0. The Labute approximate surface area is 201 Å². The number of esters is 1. The molecule has 6 heteroatoms. The van der Waals surface area contributed by atoms with Crippen LogP contribution in [0.4, 0.5) is 0 Å². The molecule has 180 valence electrons. The van der Waals surface area contributed by atoms with E-state index in [0.717, 1.165) is 31.2 Å². The van der Waals surface area contributed by atoms with Crippen LogP contribution in [-0.2, 0) is 16.9 Å². The molecule has 0 amide bonds. The van der Waals surface area contributed by atoms with Crippen molar-refractivity contribution in [3.63, 3.8) is 0 Å². The van der Waals surface area contributed by atoms with Crippen molar-refractivity contribution >= 4 is 5.97 Å². The van der Waals surface area contributed by atoms with Gasteiger partial charge < -0.3 is 18.7 Å². The molecule has 34 heavy (non-hydrogen) atoms. The summed E-state index contributed by atoms with van der Waals surface area (Å²) in [5, 5.41) is 14.4. The van der Waals surface area contributed by atoms with Crippen LogP contribution < -0.4 is 5.11 Å². The molecular formula is C28H34N2O4. The fourth-order valence-electron chi connectivity index (χ4n) is 4.82. The fourth-order valence-corrected chi connectivity index (χ4v) is 4.82. The zero-order valence-corrected chi connectivity index (χ0v) is 20.1.